The summed E-state index contributed by atoms with van der Waals surface area (Å²) in [6.07, 6.45) is 1.29. The first kappa shape index (κ1) is 27.8. The largest absolute Gasteiger partial charge is 0.392 e. The Balaban J connectivity index is 1.20. The summed E-state index contributed by atoms with van der Waals surface area (Å²) in [6.45, 7) is -0.0347. The van der Waals surface area contributed by atoms with Crippen molar-refractivity contribution in [1.29, 1.82) is 0 Å². The fourth-order valence-electron chi connectivity index (χ4n) is 4.83. The number of carbonyl (C=O) groups excluding carboxylic acids is 3. The van der Waals surface area contributed by atoms with Crippen LogP contribution >= 0.6 is 11.8 Å². The molecule has 4 aromatic rings. The van der Waals surface area contributed by atoms with Gasteiger partial charge in [0.15, 0.2) is 6.29 Å². The third-order valence-electron chi connectivity index (χ3n) is 6.99. The lowest BCUT2D eigenvalue weighted by molar-refractivity contribution is -0.245. The summed E-state index contributed by atoms with van der Waals surface area (Å²) in [4.78, 5) is 41.1. The van der Waals surface area contributed by atoms with Gasteiger partial charge in [0.25, 0.3) is 5.91 Å². The highest BCUT2D eigenvalue weighted by Gasteiger charge is 2.33. The van der Waals surface area contributed by atoms with Gasteiger partial charge < -0.3 is 24.6 Å². The fourth-order valence-corrected chi connectivity index (χ4v) is 5.71. The number of nitrogens with zero attached hydrogens (tertiary/aromatic N) is 1. The molecule has 3 atom stereocenters. The number of pyridine rings is 1. The van der Waals surface area contributed by atoms with Crippen LogP contribution in [0.4, 0.5) is 5.69 Å². The SMILES string of the molecule is O=C(Nc1cccc(C2OC(CSc3ccccn3)CC(c3ccc(CO)cc3)O2)c1)c1ccc2c(c1)C(=O)OC2=O. The molecule has 0 aliphatic carbocycles. The highest BCUT2D eigenvalue weighted by atomic mass is 32.2. The summed E-state index contributed by atoms with van der Waals surface area (Å²) in [5.74, 6) is -1.27. The van der Waals surface area contributed by atoms with Crippen LogP contribution in [0.3, 0.4) is 0 Å². The fraction of sp³-hybridized carbons (Fsp3) is 0.188. The number of ether oxygens (including phenoxy) is 3. The number of benzene rings is 3. The molecule has 9 nitrogen and oxygen atoms in total. The molecule has 42 heavy (non-hydrogen) atoms. The molecule has 10 heteroatoms. The zero-order valence-electron chi connectivity index (χ0n) is 22.3. The van der Waals surface area contributed by atoms with E-state index in [9.17, 15) is 19.5 Å². The van der Waals surface area contributed by atoms with Crippen molar-refractivity contribution in [3.05, 3.63) is 125 Å². The Hall–Kier alpha value is -4.35. The lowest BCUT2D eigenvalue weighted by Crippen LogP contribution is -2.31. The molecule has 2 aliphatic rings. The van der Waals surface area contributed by atoms with Gasteiger partial charge in [-0.05, 0) is 53.6 Å². The van der Waals surface area contributed by atoms with Crippen molar-refractivity contribution in [2.24, 2.45) is 0 Å². The number of carbonyl (C=O) groups is 3. The normalized spacial score (nSPS) is 19.7. The molecule has 0 saturated carbocycles. The molecule has 3 aromatic carbocycles. The minimum absolute atomic E-state index is 0.0347. The van der Waals surface area contributed by atoms with Gasteiger partial charge in [-0.2, -0.15) is 0 Å². The first-order valence-corrected chi connectivity index (χ1v) is 14.3. The quantitative estimate of drug-likeness (QED) is 0.158. The summed E-state index contributed by atoms with van der Waals surface area (Å²) < 4.78 is 17.4. The van der Waals surface area contributed by atoms with Gasteiger partial charge in [0.2, 0.25) is 0 Å². The second-order valence-electron chi connectivity index (χ2n) is 9.85. The number of thioether (sulfide) groups is 1. The van der Waals surface area contributed by atoms with Crippen molar-refractivity contribution in [2.45, 2.75) is 36.6 Å². The second kappa shape index (κ2) is 12.3. The smallest absolute Gasteiger partial charge is 0.346 e. The molecule has 1 amide bonds. The number of hydrogen-bond acceptors (Lipinski definition) is 9. The lowest BCUT2D eigenvalue weighted by atomic mass is 10.0. The molecule has 212 valence electrons. The van der Waals surface area contributed by atoms with Crippen molar-refractivity contribution in [3.8, 4) is 0 Å². The number of aromatic nitrogens is 1. The molecule has 3 unspecified atom stereocenters. The zero-order chi connectivity index (χ0) is 29.1. The van der Waals surface area contributed by atoms with Crippen molar-refractivity contribution >= 4 is 35.3 Å². The van der Waals surface area contributed by atoms with Crippen LogP contribution in [0.2, 0.25) is 0 Å². The number of aliphatic hydroxyl groups excluding tert-OH is 1. The summed E-state index contributed by atoms with van der Waals surface area (Å²) in [7, 11) is 0. The Bertz CT molecular complexity index is 1630. The van der Waals surface area contributed by atoms with Crippen LogP contribution < -0.4 is 5.32 Å². The van der Waals surface area contributed by atoms with Crippen LogP contribution in [0.5, 0.6) is 0 Å². The van der Waals surface area contributed by atoms with E-state index in [-0.39, 0.29) is 35.5 Å². The van der Waals surface area contributed by atoms with Gasteiger partial charge in [-0.15, -0.1) is 11.8 Å². The molecule has 1 saturated heterocycles. The number of esters is 2. The van der Waals surface area contributed by atoms with Crippen LogP contribution in [0.1, 0.15) is 66.6 Å². The van der Waals surface area contributed by atoms with Gasteiger partial charge in [0.1, 0.15) is 0 Å². The van der Waals surface area contributed by atoms with Crippen molar-refractivity contribution in [1.82, 2.24) is 4.98 Å². The van der Waals surface area contributed by atoms with Crippen molar-refractivity contribution in [3.63, 3.8) is 0 Å². The third-order valence-corrected chi connectivity index (χ3v) is 8.07. The first-order chi connectivity index (χ1) is 20.5. The molecule has 6 rings (SSSR count). The molecular formula is C32H26N2O7S. The number of cyclic esters (lactones) is 2. The maximum atomic E-state index is 13.0. The molecule has 0 spiro atoms. The lowest BCUT2D eigenvalue weighted by Gasteiger charge is -2.36. The van der Waals surface area contributed by atoms with Crippen LogP contribution in [0.15, 0.2) is 96.2 Å². The second-order valence-corrected chi connectivity index (χ2v) is 10.9. The minimum Gasteiger partial charge on any atom is -0.392 e. The number of anilines is 1. The summed E-state index contributed by atoms with van der Waals surface area (Å²) >= 11 is 1.61. The molecule has 0 radical (unpaired) electrons. The monoisotopic (exact) mass is 582 g/mol. The summed E-state index contributed by atoms with van der Waals surface area (Å²) in [5, 5.41) is 13.2. The number of nitrogens with one attached hydrogen (secondary N) is 1. The number of fused-ring (bicyclic) bond motifs is 1. The van der Waals surface area contributed by atoms with Gasteiger partial charge in [-0.3, -0.25) is 4.79 Å². The van der Waals surface area contributed by atoms with Gasteiger partial charge in [-0.25, -0.2) is 14.6 Å². The van der Waals surface area contributed by atoms with Crippen molar-refractivity contribution in [2.75, 3.05) is 11.1 Å². The average Bonchev–Trinajstić information content (AvgIpc) is 3.32. The Kier molecular flexibility index (Phi) is 8.11. The van der Waals surface area contributed by atoms with E-state index >= 15 is 0 Å². The van der Waals surface area contributed by atoms with Gasteiger partial charge in [0.05, 0.1) is 35.0 Å². The molecular weight excluding hydrogens is 556 g/mol. The Morgan fingerprint density at radius 3 is 2.52 bits per heavy atom. The summed E-state index contributed by atoms with van der Waals surface area (Å²) in [5.41, 5.74) is 3.46. The Morgan fingerprint density at radius 2 is 1.74 bits per heavy atom. The topological polar surface area (TPSA) is 124 Å². The third kappa shape index (κ3) is 6.12. The maximum Gasteiger partial charge on any atom is 0.346 e. The van der Waals surface area contributed by atoms with E-state index in [0.29, 0.717) is 17.9 Å². The average molecular weight is 583 g/mol. The molecule has 0 bridgehead atoms. The van der Waals surface area contributed by atoms with E-state index in [1.807, 2.05) is 48.5 Å². The Labute approximate surface area is 245 Å². The van der Waals surface area contributed by atoms with E-state index < -0.39 is 24.1 Å². The number of rotatable bonds is 8. The summed E-state index contributed by atoms with van der Waals surface area (Å²) in [6, 6.07) is 24.9. The number of amides is 1. The highest BCUT2D eigenvalue weighted by Crippen LogP contribution is 2.39. The van der Waals surface area contributed by atoms with Crippen LogP contribution in [0.25, 0.3) is 0 Å². The maximum absolute atomic E-state index is 13.0. The van der Waals surface area contributed by atoms with E-state index in [1.165, 1.54) is 18.2 Å². The Morgan fingerprint density at radius 1 is 0.905 bits per heavy atom. The zero-order valence-corrected chi connectivity index (χ0v) is 23.1. The molecule has 1 fully saturated rings. The molecule has 2 N–H and O–H groups in total. The highest BCUT2D eigenvalue weighted by molar-refractivity contribution is 7.99. The minimum atomic E-state index is -0.769. The van der Waals surface area contributed by atoms with Gasteiger partial charge >= 0.3 is 11.9 Å². The van der Waals surface area contributed by atoms with Gasteiger partial charge in [-0.1, -0.05) is 42.5 Å². The molecule has 3 heterocycles. The van der Waals surface area contributed by atoms with E-state index in [1.54, 1.807) is 36.2 Å². The number of aliphatic hydroxyl groups is 1. The van der Waals surface area contributed by atoms with E-state index in [0.717, 1.165) is 21.7 Å². The first-order valence-electron chi connectivity index (χ1n) is 13.3. The molecule has 1 aromatic heterocycles. The molecule has 2 aliphatic heterocycles. The van der Waals surface area contributed by atoms with E-state index in [4.69, 9.17) is 9.47 Å². The predicted molar refractivity (Wildman–Crippen MR) is 154 cm³/mol. The van der Waals surface area contributed by atoms with Crippen molar-refractivity contribution < 1.29 is 33.7 Å². The number of hydrogen-bond donors (Lipinski definition) is 2. The standard InChI is InChI=1S/C32H26N2O7S/c35-17-19-7-9-20(10-8-19)27-16-24(18-42-28-6-1-2-13-33-28)39-32(40-27)22-4-3-5-23(14-22)34-29(36)21-11-12-25-26(15-21)31(38)41-30(25)37/h1-15,24,27,32,35H,16-18H2,(H,34,36). The van der Waals surface area contributed by atoms with Gasteiger partial charge in [0, 0.05) is 35.2 Å². The van der Waals surface area contributed by atoms with Crippen LogP contribution in [-0.4, -0.2) is 39.8 Å². The predicted octanol–water partition coefficient (Wildman–Crippen LogP) is 5.47. The van der Waals surface area contributed by atoms with Crippen LogP contribution in [-0.2, 0) is 20.8 Å². The van der Waals surface area contributed by atoms with E-state index in [2.05, 4.69) is 15.0 Å². The van der Waals surface area contributed by atoms with Crippen LogP contribution in [0, 0.1) is 0 Å².